The first-order valence-electron chi connectivity index (χ1n) is 20.9. The van der Waals surface area contributed by atoms with E-state index >= 15 is 0 Å². The molecule has 0 saturated heterocycles. The summed E-state index contributed by atoms with van der Waals surface area (Å²) in [7, 11) is -4.75. The molecule has 11 nitrogen and oxygen atoms in total. The fourth-order valence-corrected chi connectivity index (χ4v) is 6.48. The molecule has 310 valence electrons. The average molecular weight is 774 g/mol. The van der Waals surface area contributed by atoms with Crippen LogP contribution in [0.25, 0.3) is 0 Å². The van der Waals surface area contributed by atoms with Crippen LogP contribution in [0.15, 0.2) is 24.3 Å². The molecule has 0 fully saturated rings. The third-order valence-corrected chi connectivity index (χ3v) is 9.93. The summed E-state index contributed by atoms with van der Waals surface area (Å²) in [5, 5.41) is 21.8. The van der Waals surface area contributed by atoms with Crippen LogP contribution in [0.3, 0.4) is 0 Å². The summed E-state index contributed by atoms with van der Waals surface area (Å²) < 4.78 is 26.8. The predicted molar refractivity (Wildman–Crippen MR) is 213 cm³/mol. The molecule has 1 amide bonds. The number of nitrogens with one attached hydrogen (secondary N) is 1. The third-order valence-electron chi connectivity index (χ3n) is 8.97. The maximum absolute atomic E-state index is 12.3. The molecule has 3 atom stereocenters. The number of ether oxygens (including phenoxy) is 1. The lowest BCUT2D eigenvalue weighted by Crippen LogP contribution is -2.43. The molecule has 12 heteroatoms. The summed E-state index contributed by atoms with van der Waals surface area (Å²) in [6.45, 7) is 2.51. The Morgan fingerprint density at radius 2 is 1.08 bits per heavy atom. The zero-order valence-electron chi connectivity index (χ0n) is 33.3. The van der Waals surface area contributed by atoms with E-state index in [9.17, 15) is 34.1 Å². The van der Waals surface area contributed by atoms with Gasteiger partial charge in [0.1, 0.15) is 12.7 Å². The van der Waals surface area contributed by atoms with Crippen molar-refractivity contribution in [3.8, 4) is 0 Å². The van der Waals surface area contributed by atoms with E-state index in [1.807, 2.05) is 0 Å². The van der Waals surface area contributed by atoms with Gasteiger partial charge in [-0.3, -0.25) is 18.6 Å². The van der Waals surface area contributed by atoms with Crippen LogP contribution in [-0.4, -0.2) is 64.9 Å². The van der Waals surface area contributed by atoms with E-state index in [4.69, 9.17) is 13.8 Å². The highest BCUT2D eigenvalue weighted by Gasteiger charge is 2.28. The van der Waals surface area contributed by atoms with E-state index in [-0.39, 0.29) is 12.8 Å². The topological polar surface area (TPSA) is 169 Å². The number of hydrogen-bond acceptors (Lipinski definition) is 8. The van der Waals surface area contributed by atoms with Gasteiger partial charge in [0, 0.05) is 12.8 Å². The van der Waals surface area contributed by atoms with Gasteiger partial charge in [0.05, 0.1) is 13.2 Å². The van der Waals surface area contributed by atoms with Crippen molar-refractivity contribution in [1.29, 1.82) is 0 Å². The highest BCUT2D eigenvalue weighted by atomic mass is 31.2. The highest BCUT2D eigenvalue weighted by molar-refractivity contribution is 7.47. The Kier molecular flexibility index (Phi) is 35.5. The Morgan fingerprint density at radius 1 is 0.604 bits per heavy atom. The first kappa shape index (κ1) is 51.0. The van der Waals surface area contributed by atoms with Crippen molar-refractivity contribution in [2.45, 2.75) is 199 Å². The number of phosphoric acid groups is 1. The zero-order chi connectivity index (χ0) is 39.3. The minimum atomic E-state index is -4.75. The molecule has 0 rings (SSSR count). The van der Waals surface area contributed by atoms with E-state index < -0.39 is 57.6 Å². The second-order valence-electron chi connectivity index (χ2n) is 14.2. The van der Waals surface area contributed by atoms with Crippen LogP contribution in [0, 0.1) is 0 Å². The number of unbranched alkanes of at least 4 members (excludes halogenated alkanes) is 21. The van der Waals surface area contributed by atoms with Gasteiger partial charge in [-0.2, -0.15) is 0 Å². The maximum atomic E-state index is 12.3. The number of aliphatic hydroxyl groups is 1. The van der Waals surface area contributed by atoms with Crippen molar-refractivity contribution >= 4 is 25.7 Å². The van der Waals surface area contributed by atoms with Crippen molar-refractivity contribution in [2.24, 2.45) is 0 Å². The summed E-state index contributed by atoms with van der Waals surface area (Å²) >= 11 is 0. The van der Waals surface area contributed by atoms with Gasteiger partial charge in [-0.1, -0.05) is 160 Å². The summed E-state index contributed by atoms with van der Waals surface area (Å²) in [5.41, 5.74) is 0. The number of rotatable bonds is 39. The monoisotopic (exact) mass is 774 g/mol. The number of carboxylic acids is 1. The van der Waals surface area contributed by atoms with E-state index in [0.717, 1.165) is 64.2 Å². The average Bonchev–Trinajstić information content (AvgIpc) is 3.13. The zero-order valence-corrected chi connectivity index (χ0v) is 34.2. The van der Waals surface area contributed by atoms with Crippen LogP contribution in [0.5, 0.6) is 0 Å². The summed E-state index contributed by atoms with van der Waals surface area (Å²) in [6, 6.07) is -1.54. The first-order chi connectivity index (χ1) is 25.6. The summed E-state index contributed by atoms with van der Waals surface area (Å²) in [6.07, 6.45) is 36.3. The van der Waals surface area contributed by atoms with Crippen molar-refractivity contribution in [3.63, 3.8) is 0 Å². The van der Waals surface area contributed by atoms with Gasteiger partial charge in [0.2, 0.25) is 5.91 Å². The molecule has 0 aromatic rings. The van der Waals surface area contributed by atoms with Crippen molar-refractivity contribution in [1.82, 2.24) is 5.32 Å². The Morgan fingerprint density at radius 3 is 1.60 bits per heavy atom. The highest BCUT2D eigenvalue weighted by Crippen LogP contribution is 2.43. The molecule has 0 bridgehead atoms. The fraction of sp³-hybridized carbons (Fsp3) is 0.829. The molecule has 0 spiro atoms. The first-order valence-corrected chi connectivity index (χ1v) is 22.4. The van der Waals surface area contributed by atoms with Gasteiger partial charge < -0.3 is 25.2 Å². The molecule has 0 aromatic carbocycles. The van der Waals surface area contributed by atoms with Gasteiger partial charge in [-0.15, -0.1) is 0 Å². The predicted octanol–water partition coefficient (Wildman–Crippen LogP) is 10.3. The van der Waals surface area contributed by atoms with E-state index in [0.29, 0.717) is 12.8 Å². The van der Waals surface area contributed by atoms with Crippen LogP contribution in [0.1, 0.15) is 187 Å². The number of aliphatic hydroxyl groups excluding tert-OH is 1. The smallest absolute Gasteiger partial charge is 0.472 e. The minimum absolute atomic E-state index is 0.149. The number of hydrogen-bond donors (Lipinski definition) is 4. The normalized spacial score (nSPS) is 14.0. The Hall–Kier alpha value is -2.04. The van der Waals surface area contributed by atoms with Crippen LogP contribution in [-0.2, 0) is 32.7 Å². The second kappa shape index (κ2) is 36.9. The number of amides is 1. The third kappa shape index (κ3) is 36.7. The number of allylic oxidation sites excluding steroid dienone is 4. The maximum Gasteiger partial charge on any atom is 0.472 e. The Bertz CT molecular complexity index is 1010. The Labute approximate surface area is 321 Å². The van der Waals surface area contributed by atoms with Crippen LogP contribution < -0.4 is 5.32 Å². The quantitative estimate of drug-likeness (QED) is 0.0204. The number of phosphoric ester groups is 1. The van der Waals surface area contributed by atoms with Crippen LogP contribution >= 0.6 is 7.82 Å². The fourth-order valence-electron chi connectivity index (χ4n) is 5.71. The van der Waals surface area contributed by atoms with Crippen LogP contribution in [0.2, 0.25) is 0 Å². The molecule has 53 heavy (non-hydrogen) atoms. The molecule has 0 heterocycles. The molecular formula is C41H76NO10P. The lowest BCUT2D eigenvalue weighted by molar-refractivity contribution is -0.147. The summed E-state index contributed by atoms with van der Waals surface area (Å²) in [5.74, 6) is -2.38. The van der Waals surface area contributed by atoms with E-state index in [2.05, 4.69) is 43.5 Å². The number of carboxylic acid groups (broad SMARTS) is 1. The second-order valence-corrected chi connectivity index (χ2v) is 15.6. The van der Waals surface area contributed by atoms with Crippen LogP contribution in [0.4, 0.5) is 0 Å². The number of carbonyl (C=O) groups is 3. The number of carbonyl (C=O) groups excluding carboxylic acids is 2. The minimum Gasteiger partial charge on any atom is -0.480 e. The molecule has 0 radical (unpaired) electrons. The number of aliphatic carboxylic acids is 1. The molecule has 0 saturated carbocycles. The molecule has 3 unspecified atom stereocenters. The molecule has 4 N–H and O–H groups in total. The molecule has 0 aliphatic carbocycles. The Balaban J connectivity index is 3.93. The van der Waals surface area contributed by atoms with Gasteiger partial charge in [0.15, 0.2) is 6.04 Å². The lowest BCUT2D eigenvalue weighted by Gasteiger charge is -2.18. The van der Waals surface area contributed by atoms with Crippen molar-refractivity contribution in [3.05, 3.63) is 24.3 Å². The van der Waals surface area contributed by atoms with E-state index in [1.165, 1.54) is 83.5 Å². The standard InChI is InChI=1S/C41H76NO10P/c1-3-5-7-9-11-13-15-17-18-19-21-22-24-26-28-30-32-39(44)42-38(41(46)47)36-52-53(48,49)51-35-37(43)34-50-40(45)33-31-29-27-25-23-20-16-14-12-10-8-6-4-2/h8,10,14,16,37-38,43H,3-7,9,11-13,15,17-36H2,1-2H3,(H,42,44)(H,46,47)(H,48,49)/b10-8-,16-14-. The largest absolute Gasteiger partial charge is 0.480 e. The number of esters is 1. The van der Waals surface area contributed by atoms with Gasteiger partial charge in [-0.25, -0.2) is 9.36 Å². The van der Waals surface area contributed by atoms with Crippen molar-refractivity contribution < 1.29 is 47.8 Å². The lowest BCUT2D eigenvalue weighted by atomic mass is 10.0. The molecule has 0 aromatic heterocycles. The van der Waals surface area contributed by atoms with E-state index in [1.54, 1.807) is 0 Å². The van der Waals surface area contributed by atoms with Gasteiger partial charge in [0.25, 0.3) is 0 Å². The molecule has 0 aliphatic rings. The molecular weight excluding hydrogens is 697 g/mol. The SMILES string of the molecule is CCC/C=C\C/C=C\CCCCCCCC(=O)OCC(O)COP(=O)(O)OCC(NC(=O)CCCCCCCCCCCCCCCCCC)C(=O)O. The van der Waals surface area contributed by atoms with Gasteiger partial charge >= 0.3 is 19.8 Å². The van der Waals surface area contributed by atoms with Gasteiger partial charge in [-0.05, 0) is 38.5 Å². The summed E-state index contributed by atoms with van der Waals surface area (Å²) in [4.78, 5) is 45.8. The van der Waals surface area contributed by atoms with Crippen molar-refractivity contribution in [2.75, 3.05) is 19.8 Å². The molecule has 0 aliphatic heterocycles.